The second-order valence-corrected chi connectivity index (χ2v) is 6.93. The summed E-state index contributed by atoms with van der Waals surface area (Å²) < 4.78 is 2.00. The molecule has 0 aliphatic heterocycles. The van der Waals surface area contributed by atoms with Crippen LogP contribution in [0.3, 0.4) is 0 Å². The Morgan fingerprint density at radius 2 is 0.812 bits per heavy atom. The molecule has 0 aromatic carbocycles. The molecular weight excluding hydrogens is 204 g/mol. The van der Waals surface area contributed by atoms with Gasteiger partial charge in [-0.2, -0.15) is 0 Å². The molecule has 0 atom stereocenters. The topological polar surface area (TPSA) is 53.1 Å². The van der Waals surface area contributed by atoms with E-state index >= 15 is 0 Å². The van der Waals surface area contributed by atoms with Gasteiger partial charge in [0.2, 0.25) is 0 Å². The summed E-state index contributed by atoms with van der Waals surface area (Å²) in [6.07, 6.45) is 0. The fourth-order valence-corrected chi connectivity index (χ4v) is 0. The fraction of sp³-hybridized carbons (Fsp3) is 1.00. The van der Waals surface area contributed by atoms with Crippen molar-refractivity contribution in [2.45, 2.75) is 13.8 Å². The van der Waals surface area contributed by atoms with Crippen LogP contribution in [0.4, 0.5) is 0 Å². The largest absolute Gasteiger partial charge is 0.870 e. The van der Waals surface area contributed by atoms with Crippen molar-refractivity contribution in [1.29, 1.82) is 0 Å². The van der Waals surface area contributed by atoms with Crippen molar-refractivity contribution in [2.75, 3.05) is 63.0 Å². The number of nitrogens with zero attached hydrogens (tertiary/aromatic N) is 2. The summed E-state index contributed by atoms with van der Waals surface area (Å²) in [6, 6.07) is 0. The van der Waals surface area contributed by atoms with Crippen LogP contribution in [0.15, 0.2) is 0 Å². The molecule has 0 fully saturated rings. The standard InChI is InChI=1S/2C4H12N.C4H9O.H2O/c2*1-5(2,3)4;1-4(2)3-5;/h2*1-4H3;4H,3H2,1-2H3;1H2/q2*+1;-1;/p-1. The van der Waals surface area contributed by atoms with Gasteiger partial charge in [-0.15, -0.1) is 6.61 Å². The highest BCUT2D eigenvalue weighted by atomic mass is 16.3. The van der Waals surface area contributed by atoms with Gasteiger partial charge >= 0.3 is 0 Å². The molecule has 0 rings (SSSR count). The van der Waals surface area contributed by atoms with Crippen LogP contribution in [-0.2, 0) is 0 Å². The van der Waals surface area contributed by atoms with Gasteiger partial charge in [0.05, 0.1) is 56.4 Å². The molecule has 0 heterocycles. The van der Waals surface area contributed by atoms with Crippen molar-refractivity contribution in [3.8, 4) is 0 Å². The molecule has 104 valence electrons. The minimum atomic E-state index is 0. The molecule has 0 aliphatic rings. The van der Waals surface area contributed by atoms with E-state index in [4.69, 9.17) is 0 Å². The monoisotopic (exact) mass is 238 g/mol. The first-order valence-corrected chi connectivity index (χ1v) is 5.43. The van der Waals surface area contributed by atoms with Crippen molar-refractivity contribution in [3.63, 3.8) is 0 Å². The van der Waals surface area contributed by atoms with Crippen molar-refractivity contribution < 1.29 is 19.5 Å². The van der Waals surface area contributed by atoms with Crippen LogP contribution in [0.25, 0.3) is 0 Å². The van der Waals surface area contributed by atoms with E-state index in [-0.39, 0.29) is 12.1 Å². The predicted octanol–water partition coefficient (Wildman–Crippen LogP) is 0.471. The molecule has 0 saturated carbocycles. The van der Waals surface area contributed by atoms with Gasteiger partial charge in [-0.3, -0.25) is 0 Å². The molecule has 0 radical (unpaired) electrons. The van der Waals surface area contributed by atoms with Gasteiger partial charge in [-0.1, -0.05) is 19.8 Å². The molecule has 0 spiro atoms. The SMILES string of the molecule is CC(C)C[O-].C[N+](C)(C)C.C[N+](C)(C)C.[OH-]. The van der Waals surface area contributed by atoms with Crippen LogP contribution in [0.2, 0.25) is 0 Å². The third kappa shape index (κ3) is 674. The molecular formula is C12H34N2O2. The van der Waals surface area contributed by atoms with Crippen LogP contribution < -0.4 is 5.11 Å². The number of hydrogen-bond donors (Lipinski definition) is 0. The maximum Gasteiger partial charge on any atom is 0.0675 e. The zero-order valence-electron chi connectivity index (χ0n) is 13.0. The first-order valence-electron chi connectivity index (χ1n) is 5.43. The summed E-state index contributed by atoms with van der Waals surface area (Å²) in [5.74, 6) is 0.329. The summed E-state index contributed by atoms with van der Waals surface area (Å²) in [4.78, 5) is 0. The van der Waals surface area contributed by atoms with Crippen molar-refractivity contribution >= 4 is 0 Å². The van der Waals surface area contributed by atoms with Crippen LogP contribution in [0, 0.1) is 5.92 Å². The van der Waals surface area contributed by atoms with Crippen molar-refractivity contribution in [1.82, 2.24) is 0 Å². The van der Waals surface area contributed by atoms with Gasteiger partial charge in [-0.05, 0) is 0 Å². The van der Waals surface area contributed by atoms with Gasteiger partial charge in [-0.25, -0.2) is 0 Å². The first-order chi connectivity index (χ1) is 6.27. The van der Waals surface area contributed by atoms with Crippen LogP contribution in [-0.4, -0.2) is 77.4 Å². The van der Waals surface area contributed by atoms with Gasteiger partial charge in [0.15, 0.2) is 0 Å². The molecule has 0 unspecified atom stereocenters. The third-order valence-electron chi connectivity index (χ3n) is 0.333. The molecule has 16 heavy (non-hydrogen) atoms. The summed E-state index contributed by atoms with van der Waals surface area (Å²) >= 11 is 0. The van der Waals surface area contributed by atoms with E-state index in [9.17, 15) is 5.11 Å². The summed E-state index contributed by atoms with van der Waals surface area (Å²) in [6.45, 7) is 3.88. The fourth-order valence-electron chi connectivity index (χ4n) is 0. The van der Waals surface area contributed by atoms with E-state index in [1.807, 2.05) is 13.8 Å². The normalized spacial score (nSPS) is 10.5. The molecule has 0 aromatic heterocycles. The minimum Gasteiger partial charge on any atom is -0.870 e. The highest BCUT2D eigenvalue weighted by molar-refractivity contribution is 4.30. The van der Waals surface area contributed by atoms with Gasteiger partial charge < -0.3 is 19.5 Å². The number of rotatable bonds is 1. The Balaban J connectivity index is -0.0000000655. The van der Waals surface area contributed by atoms with Crippen molar-refractivity contribution in [3.05, 3.63) is 0 Å². The second kappa shape index (κ2) is 11.3. The quantitative estimate of drug-likeness (QED) is 0.624. The first kappa shape index (κ1) is 24.9. The van der Waals surface area contributed by atoms with Crippen LogP contribution in [0.1, 0.15) is 13.8 Å². The molecule has 1 N–H and O–H groups in total. The maximum atomic E-state index is 9.63. The van der Waals surface area contributed by atoms with E-state index < -0.39 is 0 Å². The van der Waals surface area contributed by atoms with Crippen LogP contribution in [0.5, 0.6) is 0 Å². The van der Waals surface area contributed by atoms with E-state index in [0.29, 0.717) is 5.92 Å². The molecule has 0 saturated heterocycles. The lowest BCUT2D eigenvalue weighted by Crippen LogP contribution is -2.27. The van der Waals surface area contributed by atoms with E-state index in [1.165, 1.54) is 0 Å². The Hall–Kier alpha value is -0.160. The lowest BCUT2D eigenvalue weighted by molar-refractivity contribution is -0.849. The van der Waals surface area contributed by atoms with E-state index in [0.717, 1.165) is 8.97 Å². The summed E-state index contributed by atoms with van der Waals surface area (Å²) in [5, 5.41) is 9.63. The third-order valence-corrected chi connectivity index (χ3v) is 0.333. The van der Waals surface area contributed by atoms with Crippen molar-refractivity contribution in [2.24, 2.45) is 5.92 Å². The van der Waals surface area contributed by atoms with E-state index in [2.05, 4.69) is 56.4 Å². The molecule has 0 aromatic rings. The second-order valence-electron chi connectivity index (χ2n) is 6.93. The molecule has 0 bridgehead atoms. The average Bonchev–Trinajstić information content (AvgIpc) is 1.79. The Morgan fingerprint density at radius 3 is 0.812 bits per heavy atom. The Kier molecular flexibility index (Phi) is 17.6. The zero-order valence-corrected chi connectivity index (χ0v) is 13.0. The number of hydrogen-bond acceptors (Lipinski definition) is 2. The average molecular weight is 238 g/mol. The van der Waals surface area contributed by atoms with Gasteiger partial charge in [0.25, 0.3) is 0 Å². The Labute approximate surface area is 103 Å². The Bertz CT molecular complexity index is 100.0. The summed E-state index contributed by atoms with van der Waals surface area (Å²) in [7, 11) is 17.0. The zero-order chi connectivity index (χ0) is 13.3. The Morgan fingerprint density at radius 1 is 0.750 bits per heavy atom. The molecule has 4 heteroatoms. The molecule has 4 nitrogen and oxygen atoms in total. The predicted molar refractivity (Wildman–Crippen MR) is 69.6 cm³/mol. The van der Waals surface area contributed by atoms with Gasteiger partial charge in [0, 0.05) is 0 Å². The summed E-state index contributed by atoms with van der Waals surface area (Å²) in [5.41, 5.74) is 0. The molecule has 0 amide bonds. The van der Waals surface area contributed by atoms with Crippen LogP contribution >= 0.6 is 0 Å². The minimum absolute atomic E-state index is 0. The lowest BCUT2D eigenvalue weighted by atomic mass is 10.2. The van der Waals surface area contributed by atoms with Gasteiger partial charge in [0.1, 0.15) is 0 Å². The maximum absolute atomic E-state index is 9.63. The molecule has 0 aliphatic carbocycles. The number of quaternary nitrogens is 2. The smallest absolute Gasteiger partial charge is 0.0675 e. The highest BCUT2D eigenvalue weighted by Crippen LogP contribution is 1.81. The highest BCUT2D eigenvalue weighted by Gasteiger charge is 1.88. The van der Waals surface area contributed by atoms with E-state index in [1.54, 1.807) is 0 Å². The lowest BCUT2D eigenvalue weighted by Gasteiger charge is -2.14.